The Bertz CT molecular complexity index is 1070. The maximum absolute atomic E-state index is 13.2. The molecule has 3 rings (SSSR count). The van der Waals surface area contributed by atoms with Crippen molar-refractivity contribution in [2.45, 2.75) is 6.42 Å². The van der Waals surface area contributed by atoms with Crippen LogP contribution in [0.1, 0.15) is 12.0 Å². The van der Waals surface area contributed by atoms with Gasteiger partial charge in [0.1, 0.15) is 17.2 Å². The second kappa shape index (κ2) is 11.5. The smallest absolute Gasteiger partial charge is 0.243 e. The van der Waals surface area contributed by atoms with Crippen LogP contribution in [0.4, 0.5) is 14.5 Å². The minimum absolute atomic E-state index is 0.108. The first-order valence-electron chi connectivity index (χ1n) is 10.6. The number of rotatable bonds is 9. The second-order valence-electron chi connectivity index (χ2n) is 7.58. The van der Waals surface area contributed by atoms with E-state index >= 15 is 0 Å². The van der Waals surface area contributed by atoms with Crippen molar-refractivity contribution >= 4 is 23.1 Å². The number of halogens is 2. The van der Waals surface area contributed by atoms with E-state index in [1.807, 2.05) is 11.0 Å². The number of hydrogen-bond donors (Lipinski definition) is 2. The Kier molecular flexibility index (Phi) is 8.42. The Morgan fingerprint density at radius 3 is 2.24 bits per heavy atom. The van der Waals surface area contributed by atoms with Crippen LogP contribution >= 0.6 is 0 Å². The lowest BCUT2D eigenvalue weighted by molar-refractivity contribution is -0.125. The minimum Gasteiger partial charge on any atom is -0.496 e. The van der Waals surface area contributed by atoms with Gasteiger partial charge in [-0.3, -0.25) is 14.5 Å². The fraction of sp³-hybridized carbons (Fsp3) is 0.333. The van der Waals surface area contributed by atoms with Crippen molar-refractivity contribution in [3.8, 4) is 17.2 Å². The van der Waals surface area contributed by atoms with E-state index < -0.39 is 17.5 Å². The highest BCUT2D eigenvalue weighted by atomic mass is 19.2. The first-order valence-corrected chi connectivity index (χ1v) is 10.6. The zero-order valence-corrected chi connectivity index (χ0v) is 19.2. The van der Waals surface area contributed by atoms with E-state index in [1.165, 1.54) is 6.07 Å². The highest BCUT2D eigenvalue weighted by Gasteiger charge is 2.22. The van der Waals surface area contributed by atoms with E-state index in [4.69, 9.17) is 14.2 Å². The molecule has 1 aliphatic heterocycles. The molecule has 8 nitrogen and oxygen atoms in total. The molecule has 0 aliphatic carbocycles. The van der Waals surface area contributed by atoms with Gasteiger partial charge < -0.3 is 24.8 Å². The van der Waals surface area contributed by atoms with Crippen molar-refractivity contribution in [1.82, 2.24) is 10.2 Å². The van der Waals surface area contributed by atoms with Gasteiger partial charge in [0.2, 0.25) is 11.8 Å². The second-order valence-corrected chi connectivity index (χ2v) is 7.58. The van der Waals surface area contributed by atoms with Crippen molar-refractivity contribution in [1.29, 1.82) is 0 Å². The number of nitrogens with zero attached hydrogens (tertiary/aromatic N) is 1. The minimum atomic E-state index is -1.07. The lowest BCUT2D eigenvalue weighted by atomic mass is 9.97. The highest BCUT2D eigenvalue weighted by Crippen LogP contribution is 2.40. The van der Waals surface area contributed by atoms with Gasteiger partial charge in [-0.2, -0.15) is 0 Å². The zero-order chi connectivity index (χ0) is 24.7. The summed E-state index contributed by atoms with van der Waals surface area (Å²) in [5.74, 6) is -1.03. The Labute approximate surface area is 196 Å². The number of amides is 2. The van der Waals surface area contributed by atoms with Crippen LogP contribution in [0, 0.1) is 11.6 Å². The van der Waals surface area contributed by atoms with Crippen molar-refractivity contribution in [2.75, 3.05) is 52.8 Å². The van der Waals surface area contributed by atoms with E-state index in [1.54, 1.807) is 33.5 Å². The normalized spacial score (nSPS) is 13.6. The summed E-state index contributed by atoms with van der Waals surface area (Å²) >= 11 is 0. The van der Waals surface area contributed by atoms with E-state index in [2.05, 4.69) is 10.6 Å². The lowest BCUT2D eigenvalue weighted by Crippen LogP contribution is -2.41. The number of hydrogen-bond acceptors (Lipinski definition) is 6. The molecule has 0 aromatic heterocycles. The molecule has 2 N–H and O–H groups in total. The van der Waals surface area contributed by atoms with Gasteiger partial charge in [-0.1, -0.05) is 6.08 Å². The van der Waals surface area contributed by atoms with Crippen LogP contribution in [0.15, 0.2) is 36.4 Å². The third-order valence-corrected chi connectivity index (χ3v) is 5.35. The maximum atomic E-state index is 13.2. The van der Waals surface area contributed by atoms with Crippen LogP contribution in [-0.2, 0) is 9.59 Å². The number of nitrogens with one attached hydrogen (secondary N) is 2. The summed E-state index contributed by atoms with van der Waals surface area (Å²) < 4.78 is 42.6. The summed E-state index contributed by atoms with van der Waals surface area (Å²) in [5, 5.41) is 4.94. The van der Waals surface area contributed by atoms with Gasteiger partial charge in [-0.05, 0) is 24.1 Å². The van der Waals surface area contributed by atoms with Crippen LogP contribution in [-0.4, -0.2) is 64.2 Å². The molecule has 2 amide bonds. The molecule has 0 bridgehead atoms. The third kappa shape index (κ3) is 6.22. The summed E-state index contributed by atoms with van der Waals surface area (Å²) in [7, 11) is 4.74. The number of benzene rings is 2. The fourth-order valence-electron chi connectivity index (χ4n) is 3.62. The Balaban J connectivity index is 1.53. The molecular weight excluding hydrogens is 448 g/mol. The highest BCUT2D eigenvalue weighted by molar-refractivity contribution is 5.94. The molecule has 0 spiro atoms. The van der Waals surface area contributed by atoms with Gasteiger partial charge >= 0.3 is 0 Å². The van der Waals surface area contributed by atoms with E-state index in [9.17, 15) is 18.4 Å². The van der Waals surface area contributed by atoms with E-state index in [0.717, 1.165) is 23.3 Å². The largest absolute Gasteiger partial charge is 0.496 e. The quantitative estimate of drug-likeness (QED) is 0.580. The Morgan fingerprint density at radius 2 is 1.68 bits per heavy atom. The first kappa shape index (κ1) is 25.0. The SMILES string of the molecule is COc1cc(OC)c(C2=CCN(CC(=O)NCC(=O)Nc3ccc(F)c(F)c3)CC2)c(OC)c1. The summed E-state index contributed by atoms with van der Waals surface area (Å²) in [4.78, 5) is 26.2. The molecule has 10 heteroatoms. The molecule has 34 heavy (non-hydrogen) atoms. The molecule has 1 heterocycles. The zero-order valence-electron chi connectivity index (χ0n) is 19.2. The molecule has 2 aromatic rings. The first-order chi connectivity index (χ1) is 16.3. The average Bonchev–Trinajstić information content (AvgIpc) is 2.84. The predicted octanol–water partition coefficient (Wildman–Crippen LogP) is 2.83. The van der Waals surface area contributed by atoms with Gasteiger partial charge in [0.25, 0.3) is 0 Å². The number of anilines is 1. The average molecular weight is 475 g/mol. The summed E-state index contributed by atoms with van der Waals surface area (Å²) in [6, 6.07) is 6.62. The summed E-state index contributed by atoms with van der Waals surface area (Å²) in [6.45, 7) is 0.979. The van der Waals surface area contributed by atoms with E-state index in [0.29, 0.717) is 36.8 Å². The topological polar surface area (TPSA) is 89.1 Å². The van der Waals surface area contributed by atoms with Gasteiger partial charge in [0, 0.05) is 37.0 Å². The standard InChI is InChI=1S/C24H27F2N3O5/c1-32-17-11-20(33-2)24(21(12-17)34-3)15-6-8-29(9-7-15)14-23(31)27-13-22(30)28-16-4-5-18(25)19(26)10-16/h4-6,10-12H,7-9,13-14H2,1-3H3,(H,27,31)(H,28,30). The summed E-state index contributed by atoms with van der Waals surface area (Å²) in [5.41, 5.74) is 2.00. The van der Waals surface area contributed by atoms with Crippen LogP contribution in [0.5, 0.6) is 17.2 Å². The van der Waals surface area contributed by atoms with Gasteiger partial charge in [-0.25, -0.2) is 8.78 Å². The summed E-state index contributed by atoms with van der Waals surface area (Å²) in [6.07, 6.45) is 2.68. The van der Waals surface area contributed by atoms with Gasteiger partial charge in [0.15, 0.2) is 11.6 Å². The molecule has 0 unspecified atom stereocenters. The lowest BCUT2D eigenvalue weighted by Gasteiger charge is -2.27. The van der Waals surface area contributed by atoms with Gasteiger partial charge in [-0.15, -0.1) is 0 Å². The monoisotopic (exact) mass is 475 g/mol. The number of carbonyl (C=O) groups is 2. The number of ether oxygens (including phenoxy) is 3. The van der Waals surface area contributed by atoms with Crippen molar-refractivity contribution in [2.24, 2.45) is 0 Å². The molecular formula is C24H27F2N3O5. The fourth-order valence-corrected chi connectivity index (χ4v) is 3.62. The van der Waals surface area contributed by atoms with Crippen LogP contribution in [0.2, 0.25) is 0 Å². The molecule has 0 saturated heterocycles. The molecule has 0 fully saturated rings. The molecule has 0 saturated carbocycles. The van der Waals surface area contributed by atoms with Gasteiger partial charge in [0.05, 0.1) is 40.0 Å². The Morgan fingerprint density at radius 1 is 0.971 bits per heavy atom. The van der Waals surface area contributed by atoms with Crippen molar-refractivity contribution in [3.05, 3.63) is 53.6 Å². The molecule has 0 radical (unpaired) electrons. The van der Waals surface area contributed by atoms with Crippen molar-refractivity contribution < 1.29 is 32.6 Å². The van der Waals surface area contributed by atoms with Crippen LogP contribution < -0.4 is 24.8 Å². The Hall–Kier alpha value is -3.66. The van der Waals surface area contributed by atoms with Crippen molar-refractivity contribution in [3.63, 3.8) is 0 Å². The van der Waals surface area contributed by atoms with Crippen LogP contribution in [0.3, 0.4) is 0 Å². The molecule has 182 valence electrons. The molecule has 2 aromatic carbocycles. The number of carbonyl (C=O) groups excluding carboxylic acids is 2. The molecule has 0 atom stereocenters. The number of methoxy groups -OCH3 is 3. The van der Waals surface area contributed by atoms with Crippen LogP contribution in [0.25, 0.3) is 5.57 Å². The maximum Gasteiger partial charge on any atom is 0.243 e. The molecule has 1 aliphatic rings. The van der Waals surface area contributed by atoms with E-state index in [-0.39, 0.29) is 24.7 Å². The predicted molar refractivity (Wildman–Crippen MR) is 123 cm³/mol. The third-order valence-electron chi connectivity index (χ3n) is 5.35.